The maximum absolute atomic E-state index is 14.4. The largest absolute Gasteiger partial charge is 0.508 e. The lowest BCUT2D eigenvalue weighted by atomic mass is 9.81. The minimum absolute atomic E-state index is 0.0947. The summed E-state index contributed by atoms with van der Waals surface area (Å²) in [4.78, 5) is 11.8. The molecule has 0 aliphatic carbocycles. The van der Waals surface area contributed by atoms with Gasteiger partial charge in [-0.25, -0.2) is 9.18 Å². The maximum Gasteiger partial charge on any atom is 0.338 e. The van der Waals surface area contributed by atoms with Crippen molar-refractivity contribution in [2.45, 2.75) is 52.9 Å². The number of hydrogen-bond acceptors (Lipinski definition) is 3. The second-order valence-electron chi connectivity index (χ2n) is 7.87. The van der Waals surface area contributed by atoms with Gasteiger partial charge in [0.25, 0.3) is 0 Å². The van der Waals surface area contributed by atoms with Crippen molar-refractivity contribution >= 4 is 11.7 Å². The van der Waals surface area contributed by atoms with E-state index < -0.39 is 5.97 Å². The second kappa shape index (κ2) is 11.5. The van der Waals surface area contributed by atoms with Gasteiger partial charge >= 0.3 is 5.97 Å². The van der Waals surface area contributed by atoms with Gasteiger partial charge in [0.2, 0.25) is 0 Å². The molecule has 0 heterocycles. The summed E-state index contributed by atoms with van der Waals surface area (Å²) < 4.78 is 19.4. The maximum atomic E-state index is 14.4. The van der Waals surface area contributed by atoms with Gasteiger partial charge in [-0.2, -0.15) is 0 Å². The lowest BCUT2D eigenvalue weighted by Gasteiger charge is -2.24. The van der Waals surface area contributed by atoms with Crippen molar-refractivity contribution in [1.29, 1.82) is 0 Å². The Morgan fingerprint density at radius 3 is 2.53 bits per heavy atom. The van der Waals surface area contributed by atoms with E-state index in [1.807, 2.05) is 24.3 Å². The zero-order valence-corrected chi connectivity index (χ0v) is 18.3. The first-order chi connectivity index (χ1) is 14.4. The van der Waals surface area contributed by atoms with Crippen molar-refractivity contribution in [2.75, 3.05) is 6.61 Å². The molecule has 3 nitrogen and oxygen atoms in total. The number of aliphatic hydroxyl groups excluding tert-OH is 1. The van der Waals surface area contributed by atoms with Crippen LogP contribution in [0.2, 0.25) is 0 Å². The molecule has 2 aromatic carbocycles. The molecule has 162 valence electrons. The highest BCUT2D eigenvalue weighted by atomic mass is 19.1. The van der Waals surface area contributed by atoms with Gasteiger partial charge in [0.1, 0.15) is 11.6 Å². The van der Waals surface area contributed by atoms with Crippen LogP contribution in [-0.2, 0) is 17.6 Å². The summed E-state index contributed by atoms with van der Waals surface area (Å²) in [5, 5.41) is 9.89. The predicted octanol–water partition coefficient (Wildman–Crippen LogP) is 6.76. The Morgan fingerprint density at radius 2 is 1.90 bits per heavy atom. The third-order valence-electron chi connectivity index (χ3n) is 5.84. The van der Waals surface area contributed by atoms with Gasteiger partial charge in [-0.15, -0.1) is 0 Å². The highest BCUT2D eigenvalue weighted by Crippen LogP contribution is 2.28. The van der Waals surface area contributed by atoms with E-state index in [0.717, 1.165) is 36.8 Å². The van der Waals surface area contributed by atoms with E-state index in [9.17, 15) is 14.3 Å². The molecule has 2 rings (SSSR count). The number of benzene rings is 2. The van der Waals surface area contributed by atoms with Gasteiger partial charge in [0.05, 0.1) is 12.2 Å². The van der Waals surface area contributed by atoms with E-state index in [4.69, 9.17) is 4.74 Å². The first-order valence-corrected chi connectivity index (χ1v) is 10.8. The summed E-state index contributed by atoms with van der Waals surface area (Å²) in [6.07, 6.45) is 4.36. The minimum Gasteiger partial charge on any atom is -0.508 e. The van der Waals surface area contributed by atoms with Crippen molar-refractivity contribution in [1.82, 2.24) is 0 Å². The highest BCUT2D eigenvalue weighted by Gasteiger charge is 2.19. The molecule has 0 aliphatic heterocycles. The molecule has 0 radical (unpaired) electrons. The Bertz CT molecular complexity index is 859. The lowest BCUT2D eigenvalue weighted by Crippen LogP contribution is -2.15. The molecule has 0 aromatic heterocycles. The van der Waals surface area contributed by atoms with Gasteiger partial charge in [-0.1, -0.05) is 57.2 Å². The summed E-state index contributed by atoms with van der Waals surface area (Å²) in [7, 11) is 0. The van der Waals surface area contributed by atoms with Crippen LogP contribution in [0, 0.1) is 17.7 Å². The molecule has 0 aliphatic rings. The zero-order valence-electron chi connectivity index (χ0n) is 18.3. The van der Waals surface area contributed by atoms with Crippen LogP contribution in [0.15, 0.2) is 49.0 Å². The van der Waals surface area contributed by atoms with Gasteiger partial charge in [0, 0.05) is 5.56 Å². The van der Waals surface area contributed by atoms with Crippen molar-refractivity contribution in [3.05, 3.63) is 77.1 Å². The number of rotatable bonds is 11. The number of hydrogen-bond donors (Lipinski definition) is 1. The normalized spacial score (nSPS) is 12.9. The van der Waals surface area contributed by atoms with E-state index in [-0.39, 0.29) is 23.7 Å². The Balaban J connectivity index is 2.04. The number of halogens is 1. The molecule has 0 fully saturated rings. The van der Waals surface area contributed by atoms with Gasteiger partial charge < -0.3 is 9.84 Å². The Kier molecular flexibility index (Phi) is 9.10. The standard InChI is InChI=1S/C26H33FO3/c1-5-18(3)21(16-22-10-7-8-13-24(22)19(4)28)12-9-11-20-14-15-23(17-25(20)27)26(29)30-6-2/h7-8,10,13-15,17-18,21,28H,4-6,9,11-12,16H2,1-3H3. The van der Waals surface area contributed by atoms with E-state index in [1.165, 1.54) is 6.07 Å². The van der Waals surface area contributed by atoms with Crippen molar-refractivity contribution < 1.29 is 19.0 Å². The molecule has 4 heteroatoms. The zero-order chi connectivity index (χ0) is 22.1. The molecule has 2 atom stereocenters. The SMILES string of the molecule is C=C(O)c1ccccc1CC(CCCc1ccc(C(=O)OCC)cc1F)C(C)CC. The van der Waals surface area contributed by atoms with Crippen LogP contribution in [0.5, 0.6) is 0 Å². The lowest BCUT2D eigenvalue weighted by molar-refractivity contribution is 0.0525. The van der Waals surface area contributed by atoms with Gasteiger partial charge in [0.15, 0.2) is 0 Å². The summed E-state index contributed by atoms with van der Waals surface area (Å²) in [5.74, 6) is 0.183. The van der Waals surface area contributed by atoms with E-state index in [2.05, 4.69) is 20.4 Å². The quantitative estimate of drug-likeness (QED) is 0.328. The number of aryl methyl sites for hydroxylation is 1. The van der Waals surface area contributed by atoms with Gasteiger partial charge in [-0.05, 0) is 67.7 Å². The number of esters is 1. The third-order valence-corrected chi connectivity index (χ3v) is 5.84. The average molecular weight is 413 g/mol. The van der Waals surface area contributed by atoms with Crippen LogP contribution in [0.4, 0.5) is 4.39 Å². The fourth-order valence-corrected chi connectivity index (χ4v) is 3.83. The van der Waals surface area contributed by atoms with Gasteiger partial charge in [-0.3, -0.25) is 0 Å². The average Bonchev–Trinajstić information content (AvgIpc) is 2.73. The summed E-state index contributed by atoms with van der Waals surface area (Å²) in [5.41, 5.74) is 2.76. The molecule has 30 heavy (non-hydrogen) atoms. The predicted molar refractivity (Wildman–Crippen MR) is 120 cm³/mol. The number of ether oxygens (including phenoxy) is 1. The smallest absolute Gasteiger partial charge is 0.338 e. The van der Waals surface area contributed by atoms with Crippen LogP contribution in [0.1, 0.15) is 67.1 Å². The van der Waals surface area contributed by atoms with Crippen molar-refractivity contribution in [3.63, 3.8) is 0 Å². The first kappa shape index (κ1) is 23.7. The molecule has 0 saturated carbocycles. The van der Waals surface area contributed by atoms with E-state index in [1.54, 1.807) is 19.1 Å². The second-order valence-corrected chi connectivity index (χ2v) is 7.87. The minimum atomic E-state index is -0.496. The monoisotopic (exact) mass is 412 g/mol. The topological polar surface area (TPSA) is 46.5 Å². The molecule has 1 N–H and O–H groups in total. The Labute approximate surface area is 179 Å². The fraction of sp³-hybridized carbons (Fsp3) is 0.423. The Hall–Kier alpha value is -2.62. The van der Waals surface area contributed by atoms with E-state index >= 15 is 0 Å². The van der Waals surface area contributed by atoms with Crippen LogP contribution >= 0.6 is 0 Å². The van der Waals surface area contributed by atoms with Crippen LogP contribution in [0.3, 0.4) is 0 Å². The fourth-order valence-electron chi connectivity index (χ4n) is 3.83. The Morgan fingerprint density at radius 1 is 1.17 bits per heavy atom. The number of aliphatic hydroxyl groups is 1. The van der Waals surface area contributed by atoms with Crippen molar-refractivity contribution in [2.24, 2.45) is 11.8 Å². The molecule has 0 saturated heterocycles. The van der Waals surface area contributed by atoms with Crippen LogP contribution in [-0.4, -0.2) is 17.7 Å². The van der Waals surface area contributed by atoms with Crippen LogP contribution in [0.25, 0.3) is 5.76 Å². The highest BCUT2D eigenvalue weighted by molar-refractivity contribution is 5.89. The summed E-state index contributed by atoms with van der Waals surface area (Å²) >= 11 is 0. The third kappa shape index (κ3) is 6.45. The summed E-state index contributed by atoms with van der Waals surface area (Å²) in [6.45, 7) is 10.1. The molecule has 2 aromatic rings. The molecule has 0 amide bonds. The van der Waals surface area contributed by atoms with E-state index in [0.29, 0.717) is 23.8 Å². The molecule has 0 bridgehead atoms. The molecule has 2 unspecified atom stereocenters. The number of carbonyl (C=O) groups excluding carboxylic acids is 1. The first-order valence-electron chi connectivity index (χ1n) is 10.8. The summed E-state index contributed by atoms with van der Waals surface area (Å²) in [6, 6.07) is 12.4. The van der Waals surface area contributed by atoms with Crippen molar-refractivity contribution in [3.8, 4) is 0 Å². The molecular weight excluding hydrogens is 379 g/mol. The molecular formula is C26H33FO3. The number of carbonyl (C=O) groups is 1. The van der Waals surface area contributed by atoms with Crippen LogP contribution < -0.4 is 0 Å². The molecule has 0 spiro atoms.